The zero-order valence-electron chi connectivity index (χ0n) is 13.1. The molecule has 6 heteroatoms. The van der Waals surface area contributed by atoms with Crippen molar-refractivity contribution in [1.29, 1.82) is 0 Å². The minimum atomic E-state index is 0.165. The molecule has 0 spiro atoms. The summed E-state index contributed by atoms with van der Waals surface area (Å²) in [5.74, 6) is 1.28. The second-order valence-corrected chi connectivity index (χ2v) is 5.77. The summed E-state index contributed by atoms with van der Waals surface area (Å²) in [4.78, 5) is 8.97. The summed E-state index contributed by atoms with van der Waals surface area (Å²) in [7, 11) is 0. The zero-order chi connectivity index (χ0) is 15.1. The van der Waals surface area contributed by atoms with Gasteiger partial charge in [-0.1, -0.05) is 13.8 Å². The van der Waals surface area contributed by atoms with Crippen molar-refractivity contribution < 1.29 is 14.3 Å². The van der Waals surface area contributed by atoms with Crippen LogP contribution in [-0.2, 0) is 11.3 Å². The average molecular weight is 297 g/mol. The Balaban J connectivity index is 1.87. The summed E-state index contributed by atoms with van der Waals surface area (Å²) in [6.07, 6.45) is 1.52. The van der Waals surface area contributed by atoms with Crippen LogP contribution in [0.15, 0.2) is 10.8 Å². The smallest absolute Gasteiger partial charge is 0.181 e. The van der Waals surface area contributed by atoms with Gasteiger partial charge in [0.1, 0.15) is 5.76 Å². The summed E-state index contributed by atoms with van der Waals surface area (Å²) in [5.41, 5.74) is 0.987. The van der Waals surface area contributed by atoms with Crippen molar-refractivity contribution in [2.45, 2.75) is 26.3 Å². The second-order valence-electron chi connectivity index (χ2n) is 5.77. The van der Waals surface area contributed by atoms with Gasteiger partial charge < -0.3 is 14.3 Å². The Morgan fingerprint density at radius 1 is 1.33 bits per heavy atom. The van der Waals surface area contributed by atoms with Crippen LogP contribution in [0.2, 0.25) is 0 Å². The maximum atomic E-state index is 9.26. The van der Waals surface area contributed by atoms with Crippen LogP contribution in [0.1, 0.15) is 31.2 Å². The molecule has 1 fully saturated rings. The van der Waals surface area contributed by atoms with Crippen molar-refractivity contribution in [3.8, 4) is 0 Å². The Bertz CT molecular complexity index is 403. The number of aliphatic hydroxyl groups excluding tert-OH is 1. The molecule has 6 nitrogen and oxygen atoms in total. The Morgan fingerprint density at radius 3 is 2.76 bits per heavy atom. The first-order valence-corrected chi connectivity index (χ1v) is 7.76. The molecule has 0 amide bonds. The lowest BCUT2D eigenvalue weighted by Gasteiger charge is -2.29. The summed E-state index contributed by atoms with van der Waals surface area (Å²) < 4.78 is 10.8. The SMILES string of the molecule is CC(C)c1ocnc1CN(CCO)CCN1CCOCC1. The highest BCUT2D eigenvalue weighted by Gasteiger charge is 2.17. The fourth-order valence-electron chi connectivity index (χ4n) is 2.60. The van der Waals surface area contributed by atoms with Crippen LogP contribution in [0.5, 0.6) is 0 Å². The molecule has 1 aliphatic rings. The third-order valence-electron chi connectivity index (χ3n) is 3.82. The van der Waals surface area contributed by atoms with E-state index in [4.69, 9.17) is 9.15 Å². The molecule has 21 heavy (non-hydrogen) atoms. The van der Waals surface area contributed by atoms with Crippen LogP contribution in [0.4, 0.5) is 0 Å². The lowest BCUT2D eigenvalue weighted by molar-refractivity contribution is 0.0319. The van der Waals surface area contributed by atoms with E-state index in [2.05, 4.69) is 28.6 Å². The topological polar surface area (TPSA) is 62.0 Å². The van der Waals surface area contributed by atoms with Gasteiger partial charge in [0.25, 0.3) is 0 Å². The quantitative estimate of drug-likeness (QED) is 0.770. The highest BCUT2D eigenvalue weighted by Crippen LogP contribution is 2.19. The van der Waals surface area contributed by atoms with E-state index in [1.165, 1.54) is 6.39 Å². The number of hydrogen-bond donors (Lipinski definition) is 1. The van der Waals surface area contributed by atoms with Crippen LogP contribution in [0.3, 0.4) is 0 Å². The number of hydrogen-bond acceptors (Lipinski definition) is 6. The van der Waals surface area contributed by atoms with Crippen LogP contribution < -0.4 is 0 Å². The lowest BCUT2D eigenvalue weighted by atomic mass is 10.1. The van der Waals surface area contributed by atoms with E-state index in [1.807, 2.05) is 0 Å². The van der Waals surface area contributed by atoms with Crippen molar-refractivity contribution in [2.24, 2.45) is 0 Å². The van der Waals surface area contributed by atoms with Crippen molar-refractivity contribution in [3.63, 3.8) is 0 Å². The summed E-state index contributed by atoms with van der Waals surface area (Å²) >= 11 is 0. The number of aliphatic hydroxyl groups is 1. The van der Waals surface area contributed by atoms with Crippen molar-refractivity contribution >= 4 is 0 Å². The van der Waals surface area contributed by atoms with E-state index in [0.717, 1.165) is 57.4 Å². The number of morpholine rings is 1. The molecule has 120 valence electrons. The minimum absolute atomic E-state index is 0.165. The number of oxazole rings is 1. The van der Waals surface area contributed by atoms with Gasteiger partial charge in [-0.2, -0.15) is 0 Å². The van der Waals surface area contributed by atoms with Crippen molar-refractivity contribution in [2.75, 3.05) is 52.5 Å². The van der Waals surface area contributed by atoms with Crippen molar-refractivity contribution in [3.05, 3.63) is 17.8 Å². The molecule has 1 aliphatic heterocycles. The summed E-state index contributed by atoms with van der Waals surface area (Å²) in [5, 5.41) is 9.26. The molecule has 0 radical (unpaired) electrons. The predicted molar refractivity (Wildman–Crippen MR) is 80.2 cm³/mol. The third-order valence-corrected chi connectivity index (χ3v) is 3.82. The molecule has 0 saturated carbocycles. The van der Waals surface area contributed by atoms with Crippen molar-refractivity contribution in [1.82, 2.24) is 14.8 Å². The van der Waals surface area contributed by atoms with Gasteiger partial charge >= 0.3 is 0 Å². The first kappa shape index (κ1) is 16.4. The van der Waals surface area contributed by atoms with Gasteiger partial charge in [-0.3, -0.25) is 9.80 Å². The monoisotopic (exact) mass is 297 g/mol. The second kappa shape index (κ2) is 8.48. The van der Waals surface area contributed by atoms with E-state index in [9.17, 15) is 5.11 Å². The van der Waals surface area contributed by atoms with E-state index in [-0.39, 0.29) is 6.61 Å². The van der Waals surface area contributed by atoms with Gasteiger partial charge in [0.15, 0.2) is 6.39 Å². The molecule has 0 atom stereocenters. The molecule has 2 rings (SSSR count). The first-order valence-electron chi connectivity index (χ1n) is 7.76. The molecule has 0 unspecified atom stereocenters. The molecular formula is C15H27N3O3. The van der Waals surface area contributed by atoms with Gasteiger partial charge in [-0.15, -0.1) is 0 Å². The van der Waals surface area contributed by atoms with Gasteiger partial charge in [0.05, 0.1) is 25.5 Å². The van der Waals surface area contributed by atoms with Crippen LogP contribution >= 0.6 is 0 Å². The number of ether oxygens (including phenoxy) is 1. The number of aromatic nitrogens is 1. The Kier molecular flexibility index (Phi) is 6.63. The van der Waals surface area contributed by atoms with Crippen LogP contribution in [-0.4, -0.2) is 72.4 Å². The molecular weight excluding hydrogens is 270 g/mol. The van der Waals surface area contributed by atoms with Gasteiger partial charge in [0, 0.05) is 45.2 Å². The predicted octanol–water partition coefficient (Wildman–Crippen LogP) is 0.925. The normalized spacial score (nSPS) is 17.0. The van der Waals surface area contributed by atoms with E-state index in [1.54, 1.807) is 0 Å². The average Bonchev–Trinajstić information content (AvgIpc) is 2.94. The standard InChI is InChI=1S/C15H27N3O3/c1-13(2)15-14(16-12-21-15)11-18(5-8-19)4-3-17-6-9-20-10-7-17/h12-13,19H,3-11H2,1-2H3. The molecule has 1 N–H and O–H groups in total. The highest BCUT2D eigenvalue weighted by atomic mass is 16.5. The maximum absolute atomic E-state index is 9.26. The Morgan fingerprint density at radius 2 is 2.10 bits per heavy atom. The van der Waals surface area contributed by atoms with Gasteiger partial charge in [0.2, 0.25) is 0 Å². The largest absolute Gasteiger partial charge is 0.448 e. The fraction of sp³-hybridized carbons (Fsp3) is 0.800. The lowest BCUT2D eigenvalue weighted by Crippen LogP contribution is -2.42. The number of nitrogens with zero attached hydrogens (tertiary/aromatic N) is 3. The van der Waals surface area contributed by atoms with Gasteiger partial charge in [-0.25, -0.2) is 4.98 Å². The molecule has 2 heterocycles. The highest BCUT2D eigenvalue weighted by molar-refractivity contribution is 5.11. The van der Waals surface area contributed by atoms with E-state index in [0.29, 0.717) is 12.5 Å². The van der Waals surface area contributed by atoms with Crippen LogP contribution in [0.25, 0.3) is 0 Å². The van der Waals surface area contributed by atoms with Crippen LogP contribution in [0, 0.1) is 0 Å². The Labute approximate surface area is 126 Å². The Hall–Kier alpha value is -0.950. The van der Waals surface area contributed by atoms with E-state index >= 15 is 0 Å². The molecule has 0 bridgehead atoms. The number of rotatable bonds is 8. The molecule has 0 aromatic carbocycles. The zero-order valence-corrected chi connectivity index (χ0v) is 13.1. The molecule has 0 aliphatic carbocycles. The van der Waals surface area contributed by atoms with E-state index < -0.39 is 0 Å². The summed E-state index contributed by atoms with van der Waals surface area (Å²) in [6.45, 7) is 11.3. The third kappa shape index (κ3) is 5.07. The molecule has 1 saturated heterocycles. The molecule has 1 aromatic heterocycles. The minimum Gasteiger partial charge on any atom is -0.448 e. The first-order chi connectivity index (χ1) is 10.2. The fourth-order valence-corrected chi connectivity index (χ4v) is 2.60. The molecule has 1 aromatic rings. The maximum Gasteiger partial charge on any atom is 0.181 e. The summed E-state index contributed by atoms with van der Waals surface area (Å²) in [6, 6.07) is 0. The van der Waals surface area contributed by atoms with Gasteiger partial charge in [-0.05, 0) is 0 Å².